The molecule has 11 heteroatoms. The highest BCUT2D eigenvalue weighted by Crippen LogP contribution is 2.36. The van der Waals surface area contributed by atoms with E-state index < -0.39 is 42.5 Å². The molecule has 2 heterocycles. The largest absolute Gasteiger partial charge is 0.455 e. The Morgan fingerprint density at radius 3 is 2.12 bits per heavy atom. The highest BCUT2D eigenvalue weighted by molar-refractivity contribution is 5.68. The van der Waals surface area contributed by atoms with Crippen molar-refractivity contribution in [1.29, 1.82) is 0 Å². The fourth-order valence-electron chi connectivity index (χ4n) is 2.23. The maximum absolute atomic E-state index is 11.4. The number of ether oxygens (including phenoxy) is 4. The monoisotopic (exact) mass is 342 g/mol. The van der Waals surface area contributed by atoms with E-state index in [1.165, 1.54) is 25.6 Å². The predicted octanol–water partition coefficient (Wildman–Crippen LogP) is -0.483. The molecule has 2 rings (SSSR count). The molecule has 1 aliphatic heterocycles. The molecule has 1 fully saturated rings. The topological polar surface area (TPSA) is 132 Å². The molecule has 11 nitrogen and oxygen atoms in total. The van der Waals surface area contributed by atoms with Crippen molar-refractivity contribution in [2.24, 2.45) is 0 Å². The van der Waals surface area contributed by atoms with Gasteiger partial charge in [0, 0.05) is 20.8 Å². The number of tetrazole rings is 1. The van der Waals surface area contributed by atoms with Crippen LogP contribution in [-0.2, 0) is 39.9 Å². The predicted molar refractivity (Wildman–Crippen MR) is 74.0 cm³/mol. The summed E-state index contributed by atoms with van der Waals surface area (Å²) in [6, 6.07) is 0. The fraction of sp³-hybridized carbons (Fsp3) is 0.692. The highest BCUT2D eigenvalue weighted by atomic mass is 16.7. The third-order valence-corrected chi connectivity index (χ3v) is 3.06. The van der Waals surface area contributed by atoms with Crippen LogP contribution in [0.15, 0.2) is 0 Å². The smallest absolute Gasteiger partial charge is 0.305 e. The molecule has 0 N–H and O–H groups in total. The van der Waals surface area contributed by atoms with Gasteiger partial charge in [0.2, 0.25) is 18.2 Å². The van der Waals surface area contributed by atoms with Crippen molar-refractivity contribution >= 4 is 17.9 Å². The van der Waals surface area contributed by atoms with E-state index in [9.17, 15) is 14.4 Å². The van der Waals surface area contributed by atoms with Crippen molar-refractivity contribution < 1.29 is 33.3 Å². The Balaban J connectivity index is 2.34. The quantitative estimate of drug-likeness (QED) is 0.510. The molecule has 24 heavy (non-hydrogen) atoms. The lowest BCUT2D eigenvalue weighted by Crippen LogP contribution is -2.39. The summed E-state index contributed by atoms with van der Waals surface area (Å²) in [5.41, 5.74) is 0. The van der Waals surface area contributed by atoms with E-state index in [1.807, 2.05) is 6.92 Å². The minimum absolute atomic E-state index is 0.120. The average Bonchev–Trinajstić information content (AvgIpc) is 3.05. The van der Waals surface area contributed by atoms with Gasteiger partial charge in [0.25, 0.3) is 0 Å². The van der Waals surface area contributed by atoms with Gasteiger partial charge in [0.1, 0.15) is 0 Å². The van der Waals surface area contributed by atoms with Gasteiger partial charge in [-0.15, -0.1) is 10.2 Å². The Morgan fingerprint density at radius 2 is 1.62 bits per heavy atom. The molecule has 0 aromatic carbocycles. The molecule has 1 saturated heterocycles. The molecular formula is C13H18N4O7. The standard InChI is InChI=1S/C13H18N4O7/c1-5-17-15-12(14-16-17)10-9(21-6(2)18)11(22-7(3)19)13(24-10)23-8(4)20/h9-11,13H,5H2,1-4H3/t9-,10-,11-,13?/m1/s1. The van der Waals surface area contributed by atoms with Crippen LogP contribution in [0.3, 0.4) is 0 Å². The van der Waals surface area contributed by atoms with Crippen molar-refractivity contribution in [1.82, 2.24) is 20.2 Å². The van der Waals surface area contributed by atoms with E-state index in [0.717, 1.165) is 0 Å². The number of esters is 3. The zero-order valence-corrected chi connectivity index (χ0v) is 13.7. The van der Waals surface area contributed by atoms with Gasteiger partial charge in [-0.05, 0) is 12.1 Å². The summed E-state index contributed by atoms with van der Waals surface area (Å²) in [6.45, 7) is 5.83. The lowest BCUT2D eigenvalue weighted by atomic mass is 10.1. The van der Waals surface area contributed by atoms with Crippen molar-refractivity contribution in [3.05, 3.63) is 5.82 Å². The minimum Gasteiger partial charge on any atom is -0.455 e. The van der Waals surface area contributed by atoms with Crippen LogP contribution in [0.1, 0.15) is 39.6 Å². The summed E-state index contributed by atoms with van der Waals surface area (Å²) < 4.78 is 20.9. The zero-order valence-electron chi connectivity index (χ0n) is 13.7. The van der Waals surface area contributed by atoms with Gasteiger partial charge in [0.15, 0.2) is 12.2 Å². The van der Waals surface area contributed by atoms with Gasteiger partial charge in [-0.1, -0.05) is 0 Å². The number of hydrogen-bond acceptors (Lipinski definition) is 10. The Bertz CT molecular complexity index is 632. The lowest BCUT2D eigenvalue weighted by Gasteiger charge is -2.22. The van der Waals surface area contributed by atoms with E-state index in [-0.39, 0.29) is 5.82 Å². The second-order valence-electron chi connectivity index (χ2n) is 5.02. The number of nitrogens with zero attached hydrogens (tertiary/aromatic N) is 4. The molecule has 0 bridgehead atoms. The molecule has 0 spiro atoms. The minimum atomic E-state index is -1.26. The first-order chi connectivity index (χ1) is 11.3. The van der Waals surface area contributed by atoms with Crippen LogP contribution in [0.5, 0.6) is 0 Å². The summed E-state index contributed by atoms with van der Waals surface area (Å²) >= 11 is 0. The van der Waals surface area contributed by atoms with Crippen LogP contribution in [0.4, 0.5) is 0 Å². The van der Waals surface area contributed by atoms with Gasteiger partial charge in [-0.2, -0.15) is 4.80 Å². The van der Waals surface area contributed by atoms with E-state index in [1.54, 1.807) is 0 Å². The van der Waals surface area contributed by atoms with E-state index in [2.05, 4.69) is 15.4 Å². The molecule has 0 saturated carbocycles. The molecule has 4 atom stereocenters. The Morgan fingerprint density at radius 1 is 1.04 bits per heavy atom. The maximum Gasteiger partial charge on any atom is 0.305 e. The normalized spacial score (nSPS) is 26.0. The number of carbonyl (C=O) groups is 3. The molecule has 1 aliphatic rings. The second kappa shape index (κ2) is 7.34. The summed E-state index contributed by atoms with van der Waals surface area (Å²) in [5, 5.41) is 11.7. The SMILES string of the molecule is CCn1nnc([C@@H]2OC(OC(C)=O)[C@H](OC(C)=O)[C@@H]2OC(C)=O)n1. The maximum atomic E-state index is 11.4. The summed E-state index contributed by atoms with van der Waals surface area (Å²) in [6.07, 6.45) is -4.48. The number of rotatable bonds is 5. The summed E-state index contributed by atoms with van der Waals surface area (Å²) in [4.78, 5) is 35.3. The molecule has 0 aliphatic carbocycles. The Kier molecular flexibility index (Phi) is 5.44. The van der Waals surface area contributed by atoms with Gasteiger partial charge >= 0.3 is 17.9 Å². The van der Waals surface area contributed by atoms with E-state index in [4.69, 9.17) is 18.9 Å². The first-order valence-corrected chi connectivity index (χ1v) is 7.26. The van der Waals surface area contributed by atoms with Crippen LogP contribution in [-0.4, -0.2) is 56.6 Å². The molecule has 1 aromatic rings. The Labute approximate surface area is 137 Å². The van der Waals surface area contributed by atoms with Crippen LogP contribution in [0.2, 0.25) is 0 Å². The van der Waals surface area contributed by atoms with Crippen LogP contribution < -0.4 is 0 Å². The van der Waals surface area contributed by atoms with Gasteiger partial charge in [-0.3, -0.25) is 14.4 Å². The first-order valence-electron chi connectivity index (χ1n) is 7.26. The van der Waals surface area contributed by atoms with Crippen molar-refractivity contribution in [3.63, 3.8) is 0 Å². The summed E-state index contributed by atoms with van der Waals surface area (Å²) in [5.74, 6) is -1.81. The number of aromatic nitrogens is 4. The average molecular weight is 342 g/mol. The molecule has 0 radical (unpaired) electrons. The van der Waals surface area contributed by atoms with Crippen LogP contribution in [0.25, 0.3) is 0 Å². The molecule has 132 valence electrons. The molecular weight excluding hydrogens is 324 g/mol. The molecule has 0 amide bonds. The van der Waals surface area contributed by atoms with Gasteiger partial charge in [-0.25, -0.2) is 0 Å². The zero-order chi connectivity index (χ0) is 17.9. The van der Waals surface area contributed by atoms with Crippen molar-refractivity contribution in [2.75, 3.05) is 0 Å². The second-order valence-corrected chi connectivity index (χ2v) is 5.02. The van der Waals surface area contributed by atoms with Gasteiger partial charge < -0.3 is 18.9 Å². The molecule has 1 aromatic heterocycles. The number of aryl methyl sites for hydroxylation is 1. The fourth-order valence-corrected chi connectivity index (χ4v) is 2.23. The summed E-state index contributed by atoms with van der Waals surface area (Å²) in [7, 11) is 0. The Hall–Kier alpha value is -2.56. The third kappa shape index (κ3) is 4.04. The first kappa shape index (κ1) is 17.8. The highest BCUT2D eigenvalue weighted by Gasteiger charge is 2.53. The van der Waals surface area contributed by atoms with E-state index >= 15 is 0 Å². The lowest BCUT2D eigenvalue weighted by molar-refractivity contribution is -0.195. The molecule has 1 unspecified atom stereocenters. The van der Waals surface area contributed by atoms with Crippen molar-refractivity contribution in [3.8, 4) is 0 Å². The van der Waals surface area contributed by atoms with Crippen molar-refractivity contribution in [2.45, 2.75) is 58.8 Å². The van der Waals surface area contributed by atoms with Gasteiger partial charge in [0.05, 0.1) is 6.54 Å². The number of carbonyl (C=O) groups excluding carboxylic acids is 3. The van der Waals surface area contributed by atoms with Crippen LogP contribution in [0, 0.1) is 0 Å². The van der Waals surface area contributed by atoms with Crippen LogP contribution >= 0.6 is 0 Å². The van der Waals surface area contributed by atoms with E-state index in [0.29, 0.717) is 6.54 Å². The number of hydrogen-bond donors (Lipinski definition) is 0. The third-order valence-electron chi connectivity index (χ3n) is 3.06.